The van der Waals surface area contributed by atoms with Crippen molar-refractivity contribution in [3.63, 3.8) is 0 Å². The molecule has 170 valence electrons. The zero-order valence-electron chi connectivity index (χ0n) is 18.6. The molecular weight excluding hydrogens is 374 g/mol. The van der Waals surface area contributed by atoms with Crippen molar-refractivity contribution in [1.82, 2.24) is 0 Å². The van der Waals surface area contributed by atoms with Crippen LogP contribution in [0.1, 0.15) is 97.8 Å². The summed E-state index contributed by atoms with van der Waals surface area (Å²) >= 11 is 0. The predicted molar refractivity (Wildman–Crippen MR) is 112 cm³/mol. The van der Waals surface area contributed by atoms with Crippen molar-refractivity contribution in [3.8, 4) is 0 Å². The number of esters is 3. The van der Waals surface area contributed by atoms with Gasteiger partial charge >= 0.3 is 17.9 Å². The maximum atomic E-state index is 11.9. The highest BCUT2D eigenvalue weighted by Crippen LogP contribution is 2.24. The minimum atomic E-state index is -0.822. The molecule has 29 heavy (non-hydrogen) atoms. The van der Waals surface area contributed by atoms with Gasteiger partial charge in [-0.1, -0.05) is 40.0 Å². The summed E-state index contributed by atoms with van der Waals surface area (Å²) in [5, 5.41) is 0. The first-order valence-electron chi connectivity index (χ1n) is 11.1. The second-order valence-electron chi connectivity index (χ2n) is 7.58. The fraction of sp³-hybridized carbons (Fsp3) is 0.864. The lowest BCUT2D eigenvalue weighted by atomic mass is 9.85. The molecular formula is C22H41NO6. The molecule has 0 aromatic rings. The maximum Gasteiger partial charge on any atom is 0.305 e. The van der Waals surface area contributed by atoms with E-state index in [1.54, 1.807) is 0 Å². The van der Waals surface area contributed by atoms with Gasteiger partial charge in [0.25, 0.3) is 0 Å². The molecule has 0 saturated heterocycles. The highest BCUT2D eigenvalue weighted by atomic mass is 16.5. The Labute approximate surface area is 176 Å². The molecule has 0 aliphatic heterocycles. The predicted octanol–water partition coefficient (Wildman–Crippen LogP) is 4.05. The van der Waals surface area contributed by atoms with Gasteiger partial charge in [0.05, 0.1) is 19.8 Å². The third-order valence-corrected chi connectivity index (χ3v) is 4.76. The van der Waals surface area contributed by atoms with Gasteiger partial charge in [0, 0.05) is 24.8 Å². The van der Waals surface area contributed by atoms with Crippen LogP contribution in [-0.2, 0) is 28.6 Å². The standard InChI is InChI=1S/C22H41NO6/c1-4-7-16-27-19(24)10-13-22(23,14-11-20(25)28-17-8-5-2)15-12-21(26)29-18-9-6-3/h4-18,23H2,1-3H3. The van der Waals surface area contributed by atoms with Gasteiger partial charge < -0.3 is 19.9 Å². The first-order valence-corrected chi connectivity index (χ1v) is 11.1. The zero-order chi connectivity index (χ0) is 22.0. The first-order chi connectivity index (χ1) is 13.9. The number of hydrogen-bond donors (Lipinski definition) is 1. The van der Waals surface area contributed by atoms with Crippen molar-refractivity contribution in [2.75, 3.05) is 19.8 Å². The molecule has 0 fully saturated rings. The van der Waals surface area contributed by atoms with Gasteiger partial charge in [-0.25, -0.2) is 0 Å². The largest absolute Gasteiger partial charge is 0.466 e. The molecule has 7 heteroatoms. The van der Waals surface area contributed by atoms with Crippen molar-refractivity contribution in [3.05, 3.63) is 0 Å². The van der Waals surface area contributed by atoms with Gasteiger partial charge in [-0.15, -0.1) is 0 Å². The minimum Gasteiger partial charge on any atom is -0.466 e. The molecule has 0 aromatic heterocycles. The molecule has 0 unspecified atom stereocenters. The van der Waals surface area contributed by atoms with Gasteiger partial charge in [0.15, 0.2) is 0 Å². The van der Waals surface area contributed by atoms with Gasteiger partial charge in [-0.3, -0.25) is 14.4 Å². The topological polar surface area (TPSA) is 105 Å². The molecule has 0 aromatic carbocycles. The Morgan fingerprint density at radius 3 is 1.14 bits per heavy atom. The lowest BCUT2D eigenvalue weighted by Crippen LogP contribution is -2.41. The second-order valence-corrected chi connectivity index (χ2v) is 7.58. The average Bonchev–Trinajstić information content (AvgIpc) is 2.70. The third-order valence-electron chi connectivity index (χ3n) is 4.76. The molecule has 0 aliphatic rings. The Kier molecular flexibility index (Phi) is 16.3. The van der Waals surface area contributed by atoms with Gasteiger partial charge in [0.1, 0.15) is 0 Å². The van der Waals surface area contributed by atoms with Crippen LogP contribution in [0.4, 0.5) is 0 Å². The normalized spacial score (nSPS) is 11.2. The second kappa shape index (κ2) is 17.2. The number of rotatable bonds is 18. The van der Waals surface area contributed by atoms with Crippen LogP contribution in [0.2, 0.25) is 0 Å². The molecule has 0 bridgehead atoms. The molecule has 0 heterocycles. The summed E-state index contributed by atoms with van der Waals surface area (Å²) in [6.45, 7) is 7.29. The number of carbonyl (C=O) groups excluding carboxylic acids is 3. The number of hydrogen-bond acceptors (Lipinski definition) is 7. The van der Waals surface area contributed by atoms with E-state index in [1.807, 2.05) is 20.8 Å². The molecule has 0 amide bonds. The van der Waals surface area contributed by atoms with E-state index >= 15 is 0 Å². The van der Waals surface area contributed by atoms with E-state index in [4.69, 9.17) is 19.9 Å². The van der Waals surface area contributed by atoms with Crippen molar-refractivity contribution in [1.29, 1.82) is 0 Å². The van der Waals surface area contributed by atoms with Crippen molar-refractivity contribution in [2.45, 2.75) is 103 Å². The van der Waals surface area contributed by atoms with Crippen molar-refractivity contribution < 1.29 is 28.6 Å². The Bertz CT molecular complexity index is 402. The van der Waals surface area contributed by atoms with Gasteiger partial charge in [0.2, 0.25) is 0 Å². The van der Waals surface area contributed by atoms with E-state index < -0.39 is 5.54 Å². The van der Waals surface area contributed by atoms with E-state index in [0.29, 0.717) is 39.1 Å². The molecule has 0 aliphatic carbocycles. The Morgan fingerprint density at radius 2 is 0.897 bits per heavy atom. The van der Waals surface area contributed by atoms with Crippen LogP contribution in [0.3, 0.4) is 0 Å². The highest BCUT2D eigenvalue weighted by Gasteiger charge is 2.28. The lowest BCUT2D eigenvalue weighted by molar-refractivity contribution is -0.144. The van der Waals surface area contributed by atoms with Crippen LogP contribution >= 0.6 is 0 Å². The molecule has 0 atom stereocenters. The van der Waals surface area contributed by atoms with Crippen LogP contribution in [0, 0.1) is 0 Å². The van der Waals surface area contributed by atoms with Gasteiger partial charge in [-0.2, -0.15) is 0 Å². The summed E-state index contributed by atoms with van der Waals surface area (Å²) in [5.74, 6) is -0.905. The Hall–Kier alpha value is -1.63. The molecule has 0 radical (unpaired) electrons. The monoisotopic (exact) mass is 415 g/mol. The van der Waals surface area contributed by atoms with E-state index in [0.717, 1.165) is 38.5 Å². The fourth-order valence-electron chi connectivity index (χ4n) is 2.64. The van der Waals surface area contributed by atoms with Gasteiger partial charge in [-0.05, 0) is 38.5 Å². The van der Waals surface area contributed by atoms with E-state index in [-0.39, 0.29) is 37.2 Å². The lowest BCUT2D eigenvalue weighted by Gasteiger charge is -2.29. The molecule has 0 saturated carbocycles. The smallest absolute Gasteiger partial charge is 0.305 e. The minimum absolute atomic E-state index is 0.163. The van der Waals surface area contributed by atoms with E-state index in [1.165, 1.54) is 0 Å². The molecule has 0 rings (SSSR count). The number of carbonyl (C=O) groups is 3. The van der Waals surface area contributed by atoms with Crippen LogP contribution in [0.5, 0.6) is 0 Å². The van der Waals surface area contributed by atoms with Crippen molar-refractivity contribution in [2.24, 2.45) is 5.73 Å². The maximum absolute atomic E-state index is 11.9. The summed E-state index contributed by atoms with van der Waals surface area (Å²) in [4.78, 5) is 35.8. The quantitative estimate of drug-likeness (QED) is 0.204. The number of ether oxygens (including phenoxy) is 3. The summed E-state index contributed by atoms with van der Waals surface area (Å²) in [5.41, 5.74) is 5.66. The fourth-order valence-corrected chi connectivity index (χ4v) is 2.64. The van der Waals surface area contributed by atoms with E-state index in [9.17, 15) is 14.4 Å². The average molecular weight is 416 g/mol. The zero-order valence-corrected chi connectivity index (χ0v) is 18.6. The highest BCUT2D eigenvalue weighted by molar-refractivity contribution is 5.71. The summed E-state index contributed by atoms with van der Waals surface area (Å²) in [7, 11) is 0. The van der Waals surface area contributed by atoms with Crippen LogP contribution in [0.15, 0.2) is 0 Å². The SMILES string of the molecule is CCCCOC(=O)CCC(N)(CCC(=O)OCCCC)CCC(=O)OCCCC. The van der Waals surface area contributed by atoms with Crippen molar-refractivity contribution >= 4 is 17.9 Å². The summed E-state index contributed by atoms with van der Waals surface area (Å²) < 4.78 is 15.5. The number of nitrogens with two attached hydrogens (primary N) is 1. The van der Waals surface area contributed by atoms with Crippen LogP contribution in [0.25, 0.3) is 0 Å². The van der Waals surface area contributed by atoms with Crippen LogP contribution in [-0.4, -0.2) is 43.3 Å². The summed E-state index contributed by atoms with van der Waals surface area (Å²) in [6.07, 6.45) is 6.87. The Morgan fingerprint density at radius 1 is 0.621 bits per heavy atom. The molecule has 7 nitrogen and oxygen atoms in total. The van der Waals surface area contributed by atoms with Crippen LogP contribution < -0.4 is 5.73 Å². The third kappa shape index (κ3) is 15.9. The molecule has 2 N–H and O–H groups in total. The van der Waals surface area contributed by atoms with E-state index in [2.05, 4.69) is 0 Å². The number of unbranched alkanes of at least 4 members (excludes halogenated alkanes) is 3. The summed E-state index contributed by atoms with van der Waals surface area (Å²) in [6, 6.07) is 0. The Balaban J connectivity index is 4.60. The molecule has 0 spiro atoms. The first kappa shape index (κ1) is 27.4.